The van der Waals surface area contributed by atoms with Gasteiger partial charge in [0.1, 0.15) is 12.2 Å². The van der Waals surface area contributed by atoms with Gasteiger partial charge in [0, 0.05) is 7.11 Å². The van der Waals surface area contributed by atoms with Crippen LogP contribution in [0.25, 0.3) is 0 Å². The molecule has 0 aliphatic carbocycles. The fraction of sp³-hybridized carbons (Fsp3) is 0.417. The predicted molar refractivity (Wildman–Crippen MR) is 58.3 cm³/mol. The van der Waals surface area contributed by atoms with Crippen LogP contribution in [0.4, 0.5) is 39.5 Å². The predicted octanol–water partition coefficient (Wildman–Crippen LogP) is 3.46. The van der Waals surface area contributed by atoms with Crippen LogP contribution in [0.5, 0.6) is 0 Å². The lowest BCUT2D eigenvalue weighted by Gasteiger charge is -2.25. The molecule has 12 heteroatoms. The monoisotopic (exact) mass is 370 g/mol. The average Bonchev–Trinajstić information content (AvgIpc) is 2.49. The molecule has 0 atom stereocenters. The summed E-state index contributed by atoms with van der Waals surface area (Å²) in [6.07, 6.45) is 0. The Balaban J connectivity index is 3.07. The van der Waals surface area contributed by atoms with Gasteiger partial charge < -0.3 is 9.47 Å². The first-order valence-electron chi connectivity index (χ1n) is 5.80. The second-order valence-corrected chi connectivity index (χ2v) is 4.36. The molecule has 0 saturated carbocycles. The molecule has 0 aliphatic heterocycles. The average molecular weight is 370 g/mol. The maximum absolute atomic E-state index is 13.3. The molecule has 0 fully saturated rings. The summed E-state index contributed by atoms with van der Waals surface area (Å²) in [4.78, 5) is 11.3. The molecule has 0 aliphatic rings. The minimum Gasteiger partial charge on any atom is -0.455 e. The summed E-state index contributed by atoms with van der Waals surface area (Å²) in [7, 11) is 0.671. The van der Waals surface area contributed by atoms with Crippen molar-refractivity contribution in [1.29, 1.82) is 0 Å². The van der Waals surface area contributed by atoms with Crippen LogP contribution in [0.15, 0.2) is 0 Å². The molecule has 0 bridgehead atoms. The number of carbonyl (C=O) groups is 1. The number of carbonyl (C=O) groups excluding carboxylic acids is 1. The van der Waals surface area contributed by atoms with E-state index in [4.69, 9.17) is 0 Å². The smallest absolute Gasteiger partial charge is 0.345 e. The second-order valence-electron chi connectivity index (χ2n) is 4.36. The molecule has 1 aromatic carbocycles. The third kappa shape index (κ3) is 3.57. The summed E-state index contributed by atoms with van der Waals surface area (Å²) >= 11 is 0. The highest BCUT2D eigenvalue weighted by atomic mass is 19.3. The number of alkyl halides is 4. The largest absolute Gasteiger partial charge is 0.455 e. The van der Waals surface area contributed by atoms with Crippen molar-refractivity contribution in [2.24, 2.45) is 0 Å². The zero-order valence-corrected chi connectivity index (χ0v) is 11.5. The molecule has 24 heavy (non-hydrogen) atoms. The lowest BCUT2D eigenvalue weighted by molar-refractivity contribution is -0.242. The first-order valence-corrected chi connectivity index (χ1v) is 5.80. The first kappa shape index (κ1) is 20.1. The molecule has 0 unspecified atom stereocenters. The number of hydrogen-bond acceptors (Lipinski definition) is 3. The van der Waals surface area contributed by atoms with Crippen molar-refractivity contribution >= 4 is 5.97 Å². The summed E-state index contributed by atoms with van der Waals surface area (Å²) in [5.41, 5.74) is -2.18. The molecular weight excluding hydrogens is 363 g/mol. The number of rotatable bonds is 6. The molecule has 1 rings (SSSR count). The Morgan fingerprint density at radius 3 is 1.58 bits per heavy atom. The van der Waals surface area contributed by atoms with E-state index in [1.165, 1.54) is 0 Å². The third-order valence-corrected chi connectivity index (χ3v) is 2.66. The minimum atomic E-state index is -5.03. The summed E-state index contributed by atoms with van der Waals surface area (Å²) in [5.74, 6) is -25.2. The molecule has 0 amide bonds. The van der Waals surface area contributed by atoms with Gasteiger partial charge in [-0.15, -0.1) is 0 Å². The van der Waals surface area contributed by atoms with Crippen LogP contribution in [-0.4, -0.2) is 38.1 Å². The minimum absolute atomic E-state index is 0.671. The van der Waals surface area contributed by atoms with Gasteiger partial charge in [-0.2, -0.15) is 17.6 Å². The molecular formula is C12H7F9O3. The van der Waals surface area contributed by atoms with Crippen molar-refractivity contribution in [1.82, 2.24) is 0 Å². The summed E-state index contributed by atoms with van der Waals surface area (Å²) in [6.45, 7) is -4.16. The number of esters is 1. The van der Waals surface area contributed by atoms with Crippen LogP contribution in [0.3, 0.4) is 0 Å². The van der Waals surface area contributed by atoms with Gasteiger partial charge in [0.15, 0.2) is 29.9 Å². The van der Waals surface area contributed by atoms with Gasteiger partial charge in [-0.1, -0.05) is 0 Å². The topological polar surface area (TPSA) is 35.5 Å². The van der Waals surface area contributed by atoms with E-state index in [1.54, 1.807) is 0 Å². The first-order chi connectivity index (χ1) is 10.9. The molecule has 0 N–H and O–H groups in total. The maximum atomic E-state index is 13.3. The Kier molecular flexibility index (Phi) is 5.74. The summed E-state index contributed by atoms with van der Waals surface area (Å²) in [6, 6.07) is 0. The fourth-order valence-electron chi connectivity index (χ4n) is 1.40. The Hall–Kier alpha value is -1.98. The second kappa shape index (κ2) is 6.87. The number of halogens is 9. The highest BCUT2D eigenvalue weighted by Crippen LogP contribution is 2.35. The Labute approximate surface area is 127 Å². The van der Waals surface area contributed by atoms with Gasteiger partial charge in [-0.25, -0.2) is 26.7 Å². The molecule has 0 spiro atoms. The maximum Gasteiger partial charge on any atom is 0.345 e. The van der Waals surface area contributed by atoms with Gasteiger partial charge in [0.2, 0.25) is 5.82 Å². The van der Waals surface area contributed by atoms with Crippen molar-refractivity contribution in [2.45, 2.75) is 11.8 Å². The van der Waals surface area contributed by atoms with Crippen molar-refractivity contribution in [3.63, 3.8) is 0 Å². The molecule has 0 radical (unpaired) electrons. The highest BCUT2D eigenvalue weighted by Gasteiger charge is 2.57. The van der Waals surface area contributed by atoms with E-state index in [9.17, 15) is 44.3 Å². The lowest BCUT2D eigenvalue weighted by Crippen LogP contribution is -2.47. The van der Waals surface area contributed by atoms with Crippen molar-refractivity contribution in [3.8, 4) is 0 Å². The van der Waals surface area contributed by atoms with E-state index in [1.807, 2.05) is 0 Å². The van der Waals surface area contributed by atoms with Gasteiger partial charge in [-0.05, 0) is 0 Å². The number of hydrogen-bond donors (Lipinski definition) is 0. The lowest BCUT2D eigenvalue weighted by atomic mass is 10.1. The normalized spacial score (nSPS) is 12.4. The van der Waals surface area contributed by atoms with E-state index in [0.29, 0.717) is 7.11 Å². The fourth-order valence-corrected chi connectivity index (χ4v) is 1.40. The van der Waals surface area contributed by atoms with E-state index in [2.05, 4.69) is 9.47 Å². The van der Waals surface area contributed by atoms with Crippen LogP contribution in [-0.2, 0) is 9.47 Å². The molecule has 1 aromatic rings. The van der Waals surface area contributed by atoms with Crippen molar-refractivity contribution < 1.29 is 53.8 Å². The zero-order chi connectivity index (χ0) is 18.9. The van der Waals surface area contributed by atoms with Gasteiger partial charge in [0.05, 0.1) is 0 Å². The standard InChI is InChI=1S/C12H7F9O3/c1-23-2-11(18,19)12(20,21)3-24-10(22)4-5(13)7(15)9(17)8(16)6(4)14/h2-3H2,1H3. The van der Waals surface area contributed by atoms with E-state index >= 15 is 0 Å². The van der Waals surface area contributed by atoms with Crippen LogP contribution in [0.1, 0.15) is 10.4 Å². The van der Waals surface area contributed by atoms with Crippen LogP contribution in [0.2, 0.25) is 0 Å². The Bertz CT molecular complexity index is 616. The molecule has 0 saturated heterocycles. The van der Waals surface area contributed by atoms with Crippen LogP contribution < -0.4 is 0 Å². The van der Waals surface area contributed by atoms with Crippen molar-refractivity contribution in [3.05, 3.63) is 34.6 Å². The number of benzene rings is 1. The SMILES string of the molecule is COCC(F)(F)C(F)(F)COC(=O)c1c(F)c(F)c(F)c(F)c1F. The molecule has 3 nitrogen and oxygen atoms in total. The van der Waals surface area contributed by atoms with Gasteiger partial charge in [-0.3, -0.25) is 0 Å². The van der Waals surface area contributed by atoms with Crippen LogP contribution in [0, 0.1) is 29.1 Å². The van der Waals surface area contributed by atoms with E-state index < -0.39 is 65.7 Å². The Morgan fingerprint density at radius 1 is 0.792 bits per heavy atom. The third-order valence-electron chi connectivity index (χ3n) is 2.66. The molecule has 136 valence electrons. The summed E-state index contributed by atoms with van der Waals surface area (Å²) in [5, 5.41) is 0. The van der Waals surface area contributed by atoms with Gasteiger partial charge >= 0.3 is 17.8 Å². The molecule has 0 heterocycles. The molecule has 0 aromatic heterocycles. The van der Waals surface area contributed by atoms with E-state index in [-0.39, 0.29) is 0 Å². The number of ether oxygens (including phenoxy) is 2. The zero-order valence-electron chi connectivity index (χ0n) is 11.5. The quantitative estimate of drug-likeness (QED) is 0.333. The Morgan fingerprint density at radius 2 is 1.17 bits per heavy atom. The van der Waals surface area contributed by atoms with Crippen LogP contribution >= 0.6 is 0 Å². The summed E-state index contributed by atoms with van der Waals surface area (Å²) < 4.78 is 125. The number of methoxy groups -OCH3 is 1. The van der Waals surface area contributed by atoms with E-state index in [0.717, 1.165) is 0 Å². The van der Waals surface area contributed by atoms with Gasteiger partial charge in [0.25, 0.3) is 0 Å². The highest BCUT2D eigenvalue weighted by molar-refractivity contribution is 5.90. The van der Waals surface area contributed by atoms with Crippen molar-refractivity contribution in [2.75, 3.05) is 20.3 Å².